The molecule has 1 aliphatic rings. The molecule has 1 aromatic heterocycles. The molecule has 0 atom stereocenters. The van der Waals surface area contributed by atoms with Gasteiger partial charge in [-0.05, 0) is 42.3 Å². The third-order valence-corrected chi connectivity index (χ3v) is 5.03. The molecule has 8 heteroatoms. The fourth-order valence-corrected chi connectivity index (χ4v) is 4.03. The molecule has 7 nitrogen and oxygen atoms in total. The predicted molar refractivity (Wildman–Crippen MR) is 83.8 cm³/mol. The van der Waals surface area contributed by atoms with Crippen LogP contribution in [0.25, 0.3) is 5.69 Å². The van der Waals surface area contributed by atoms with Crippen molar-refractivity contribution in [3.63, 3.8) is 0 Å². The van der Waals surface area contributed by atoms with Crippen LogP contribution in [-0.2, 0) is 9.84 Å². The Morgan fingerprint density at radius 2 is 1.95 bits per heavy atom. The highest BCUT2D eigenvalue weighted by Gasteiger charge is 2.45. The van der Waals surface area contributed by atoms with Crippen molar-refractivity contribution in [2.45, 2.75) is 19.8 Å². The van der Waals surface area contributed by atoms with Crippen molar-refractivity contribution in [2.24, 2.45) is 5.41 Å². The zero-order valence-corrected chi connectivity index (χ0v) is 13.5. The summed E-state index contributed by atoms with van der Waals surface area (Å²) in [5.41, 5.74) is 1.86. The molecule has 2 aromatic rings. The highest BCUT2D eigenvalue weighted by molar-refractivity contribution is 7.90. The highest BCUT2D eigenvalue weighted by atomic mass is 32.2. The molecule has 0 aliphatic heterocycles. The molecule has 0 saturated heterocycles. The summed E-state index contributed by atoms with van der Waals surface area (Å²) >= 11 is 0. The quantitative estimate of drug-likeness (QED) is 0.860. The van der Waals surface area contributed by atoms with E-state index in [0.29, 0.717) is 12.5 Å². The number of nitrogens with one attached hydrogen (secondary N) is 1. The molecular formula is C14H19N5O2S. The Labute approximate surface area is 129 Å². The average molecular weight is 321 g/mol. The van der Waals surface area contributed by atoms with Crippen LogP contribution in [0.2, 0.25) is 0 Å². The largest absolute Gasteiger partial charge is 0.352 e. The van der Waals surface area contributed by atoms with Crippen molar-refractivity contribution >= 4 is 15.8 Å². The van der Waals surface area contributed by atoms with Crippen molar-refractivity contribution in [3.05, 3.63) is 29.8 Å². The Morgan fingerprint density at radius 1 is 1.27 bits per heavy atom. The molecule has 22 heavy (non-hydrogen) atoms. The molecular weight excluding hydrogens is 302 g/mol. The van der Waals surface area contributed by atoms with Gasteiger partial charge in [0, 0.05) is 18.2 Å². The van der Waals surface area contributed by atoms with Gasteiger partial charge in [0.15, 0.2) is 0 Å². The predicted octanol–water partition coefficient (Wildman–Crippen LogP) is 1.21. The minimum Gasteiger partial charge on any atom is -0.352 e. The molecule has 118 valence electrons. The maximum Gasteiger partial charge on any atom is 0.247 e. The smallest absolute Gasteiger partial charge is 0.247 e. The van der Waals surface area contributed by atoms with E-state index >= 15 is 0 Å². The Morgan fingerprint density at radius 3 is 2.55 bits per heavy atom. The van der Waals surface area contributed by atoms with Gasteiger partial charge in [0.1, 0.15) is 9.84 Å². The number of anilines is 1. The first kappa shape index (κ1) is 15.0. The third kappa shape index (κ3) is 3.44. The summed E-state index contributed by atoms with van der Waals surface area (Å²) in [5, 5.41) is 14.9. The van der Waals surface area contributed by atoms with E-state index in [1.165, 1.54) is 6.26 Å². The molecule has 3 rings (SSSR count). The van der Waals surface area contributed by atoms with Gasteiger partial charge in [0.25, 0.3) is 0 Å². The van der Waals surface area contributed by atoms with Crippen molar-refractivity contribution < 1.29 is 8.42 Å². The lowest BCUT2D eigenvalue weighted by Crippen LogP contribution is -2.25. The van der Waals surface area contributed by atoms with Crippen LogP contribution in [0.4, 0.5) is 5.95 Å². The standard InChI is InChI=1S/C14H19N5O2S/c1-11-3-5-12(6-4-11)19-13(16-17-18-19)15-9-14(7-8-14)10-22(2,20)21/h3-6H,7-10H2,1-2H3,(H,15,16,18). The van der Waals surface area contributed by atoms with E-state index in [4.69, 9.17) is 0 Å². The molecule has 1 N–H and O–H groups in total. The Bertz CT molecular complexity index is 763. The molecule has 0 radical (unpaired) electrons. The zero-order valence-electron chi connectivity index (χ0n) is 12.7. The highest BCUT2D eigenvalue weighted by Crippen LogP contribution is 2.46. The average Bonchev–Trinajstić information content (AvgIpc) is 3.01. The number of aryl methyl sites for hydroxylation is 1. The third-order valence-electron chi connectivity index (χ3n) is 3.90. The van der Waals surface area contributed by atoms with Crippen LogP contribution in [0, 0.1) is 12.3 Å². The second kappa shape index (κ2) is 5.35. The van der Waals surface area contributed by atoms with Gasteiger partial charge in [-0.1, -0.05) is 22.8 Å². The fraction of sp³-hybridized carbons (Fsp3) is 0.500. The molecule has 1 heterocycles. The van der Waals surface area contributed by atoms with Crippen molar-refractivity contribution in [3.8, 4) is 5.69 Å². The second-order valence-electron chi connectivity index (χ2n) is 6.17. The van der Waals surface area contributed by atoms with Gasteiger partial charge in [0.2, 0.25) is 5.95 Å². The maximum absolute atomic E-state index is 11.5. The molecule has 1 fully saturated rings. The monoisotopic (exact) mass is 321 g/mol. The van der Waals surface area contributed by atoms with Crippen LogP contribution in [0.5, 0.6) is 0 Å². The number of benzene rings is 1. The summed E-state index contributed by atoms with van der Waals surface area (Å²) in [6.07, 6.45) is 3.11. The minimum absolute atomic E-state index is 0.169. The first-order chi connectivity index (χ1) is 10.4. The number of hydrogen-bond donors (Lipinski definition) is 1. The second-order valence-corrected chi connectivity index (χ2v) is 8.31. The maximum atomic E-state index is 11.5. The van der Waals surface area contributed by atoms with Crippen LogP contribution in [0.3, 0.4) is 0 Å². The van der Waals surface area contributed by atoms with E-state index < -0.39 is 9.84 Å². The van der Waals surface area contributed by atoms with E-state index in [9.17, 15) is 8.42 Å². The van der Waals surface area contributed by atoms with E-state index in [-0.39, 0.29) is 11.2 Å². The summed E-state index contributed by atoms with van der Waals surface area (Å²) in [6, 6.07) is 7.88. The number of sulfone groups is 1. The molecule has 1 saturated carbocycles. The number of hydrogen-bond acceptors (Lipinski definition) is 6. The number of tetrazole rings is 1. The summed E-state index contributed by atoms with van der Waals surface area (Å²) in [5.74, 6) is 0.739. The van der Waals surface area contributed by atoms with Gasteiger partial charge in [-0.3, -0.25) is 0 Å². The molecule has 1 aliphatic carbocycles. The molecule has 0 unspecified atom stereocenters. The Balaban J connectivity index is 1.72. The zero-order chi connectivity index (χ0) is 15.8. The van der Waals surface area contributed by atoms with Crippen molar-refractivity contribution in [1.82, 2.24) is 20.2 Å². The van der Waals surface area contributed by atoms with E-state index in [0.717, 1.165) is 24.1 Å². The summed E-state index contributed by atoms with van der Waals surface area (Å²) in [4.78, 5) is 0. The lowest BCUT2D eigenvalue weighted by atomic mass is 10.1. The molecule has 0 spiro atoms. The number of aromatic nitrogens is 4. The van der Waals surface area contributed by atoms with Crippen molar-refractivity contribution in [2.75, 3.05) is 23.9 Å². The SMILES string of the molecule is Cc1ccc(-n2nnnc2NCC2(CS(C)(=O)=O)CC2)cc1. The van der Waals surface area contributed by atoms with Crippen molar-refractivity contribution in [1.29, 1.82) is 0 Å². The summed E-state index contributed by atoms with van der Waals surface area (Å²) < 4.78 is 24.6. The van der Waals surface area contributed by atoms with Crippen LogP contribution in [0.15, 0.2) is 24.3 Å². The van der Waals surface area contributed by atoms with Gasteiger partial charge in [0.05, 0.1) is 11.4 Å². The van der Waals surface area contributed by atoms with E-state index in [1.807, 2.05) is 31.2 Å². The lowest BCUT2D eigenvalue weighted by molar-refractivity contribution is 0.559. The number of nitrogens with zero attached hydrogens (tertiary/aromatic N) is 4. The van der Waals surface area contributed by atoms with Gasteiger partial charge in [-0.15, -0.1) is 0 Å². The summed E-state index contributed by atoms with van der Waals surface area (Å²) in [7, 11) is -2.98. The van der Waals surface area contributed by atoms with Crippen LogP contribution < -0.4 is 5.32 Å². The first-order valence-electron chi connectivity index (χ1n) is 7.14. The van der Waals surface area contributed by atoms with Gasteiger partial charge in [-0.2, -0.15) is 4.68 Å². The van der Waals surface area contributed by atoms with Gasteiger partial charge in [-0.25, -0.2) is 8.42 Å². The Kier molecular flexibility index (Phi) is 3.64. The molecule has 1 aromatic carbocycles. The van der Waals surface area contributed by atoms with Gasteiger partial charge >= 0.3 is 0 Å². The van der Waals surface area contributed by atoms with E-state index in [2.05, 4.69) is 20.8 Å². The normalized spacial score (nSPS) is 16.5. The number of rotatable bonds is 6. The molecule has 0 bridgehead atoms. The Hall–Kier alpha value is -1.96. The van der Waals surface area contributed by atoms with E-state index in [1.54, 1.807) is 4.68 Å². The van der Waals surface area contributed by atoms with Gasteiger partial charge < -0.3 is 5.32 Å². The van der Waals surface area contributed by atoms with Crippen LogP contribution in [0.1, 0.15) is 18.4 Å². The first-order valence-corrected chi connectivity index (χ1v) is 9.20. The lowest BCUT2D eigenvalue weighted by Gasteiger charge is -2.15. The molecule has 0 amide bonds. The minimum atomic E-state index is -2.98. The fourth-order valence-electron chi connectivity index (χ4n) is 2.53. The van der Waals surface area contributed by atoms with Crippen LogP contribution >= 0.6 is 0 Å². The van der Waals surface area contributed by atoms with Crippen LogP contribution in [-0.4, -0.2) is 47.2 Å². The topological polar surface area (TPSA) is 89.8 Å². The summed E-state index contributed by atoms with van der Waals surface area (Å²) in [6.45, 7) is 2.58.